The molecule has 0 amide bonds. The first-order valence-electron chi connectivity index (χ1n) is 7.78. The number of rotatable bonds is 7. The van der Waals surface area contributed by atoms with Crippen molar-refractivity contribution in [3.8, 4) is 0 Å². The third-order valence-electron chi connectivity index (χ3n) is 3.76. The predicted octanol–water partition coefficient (Wildman–Crippen LogP) is 3.16. The summed E-state index contributed by atoms with van der Waals surface area (Å²) in [4.78, 5) is 24.4. The van der Waals surface area contributed by atoms with Crippen molar-refractivity contribution in [3.63, 3.8) is 0 Å². The fourth-order valence-corrected chi connectivity index (χ4v) is 2.20. The Bertz CT molecular complexity index is 747. The summed E-state index contributed by atoms with van der Waals surface area (Å²) < 4.78 is 30.8. The highest BCUT2D eigenvalue weighted by molar-refractivity contribution is 6.09. The fourth-order valence-electron chi connectivity index (χ4n) is 2.20. The van der Waals surface area contributed by atoms with Gasteiger partial charge in [0.1, 0.15) is 0 Å². The quantitative estimate of drug-likeness (QED) is 0.617. The predicted molar refractivity (Wildman–Crippen MR) is 89.7 cm³/mol. The topological polar surface area (TPSA) is 69.4 Å². The van der Waals surface area contributed by atoms with Crippen molar-refractivity contribution >= 4 is 11.8 Å². The Morgan fingerprint density at radius 1 is 1.08 bits per heavy atom. The minimum absolute atomic E-state index is 0.183. The van der Waals surface area contributed by atoms with E-state index in [1.807, 2.05) is 6.07 Å². The zero-order valence-corrected chi connectivity index (χ0v) is 13.7. The largest absolute Gasteiger partial charge is 0.459 e. The summed E-state index contributed by atoms with van der Waals surface area (Å²) in [7, 11) is 0. The molecule has 0 fully saturated rings. The summed E-state index contributed by atoms with van der Waals surface area (Å²) in [5, 5.41) is 0. The van der Waals surface area contributed by atoms with Gasteiger partial charge in [-0.05, 0) is 18.6 Å². The second kappa shape index (κ2) is 7.98. The monoisotopic (exact) mass is 347 g/mol. The van der Waals surface area contributed by atoms with Crippen LogP contribution in [-0.2, 0) is 9.53 Å². The van der Waals surface area contributed by atoms with Crippen molar-refractivity contribution in [1.82, 2.24) is 0 Å². The number of hydrogen-bond acceptors (Lipinski definition) is 4. The molecule has 0 aliphatic rings. The van der Waals surface area contributed by atoms with Crippen LogP contribution in [0.5, 0.6) is 0 Å². The number of carbonyl (C=O) groups excluding carboxylic acids is 2. The van der Waals surface area contributed by atoms with Crippen LogP contribution in [0.3, 0.4) is 0 Å². The van der Waals surface area contributed by atoms with Gasteiger partial charge in [-0.1, -0.05) is 48.5 Å². The summed E-state index contributed by atoms with van der Waals surface area (Å²) in [6, 6.07) is 15.2. The van der Waals surface area contributed by atoms with Crippen molar-refractivity contribution in [1.29, 1.82) is 0 Å². The minimum atomic E-state index is -3.25. The molecule has 0 radical (unpaired) electrons. The Labute approximate surface area is 144 Å². The zero-order valence-electron chi connectivity index (χ0n) is 13.7. The lowest BCUT2D eigenvalue weighted by Crippen LogP contribution is -2.34. The molecule has 2 aromatic rings. The zero-order chi connectivity index (χ0) is 18.4. The van der Waals surface area contributed by atoms with E-state index in [0.717, 1.165) is 0 Å². The van der Waals surface area contributed by atoms with Crippen molar-refractivity contribution in [2.75, 3.05) is 13.2 Å². The molecule has 0 aromatic heterocycles. The molecule has 132 valence electrons. The van der Waals surface area contributed by atoms with E-state index in [0.29, 0.717) is 16.7 Å². The molecule has 4 nitrogen and oxygen atoms in total. The first-order valence-corrected chi connectivity index (χ1v) is 7.78. The highest BCUT2D eigenvalue weighted by atomic mass is 19.3. The van der Waals surface area contributed by atoms with Crippen LogP contribution in [0, 0.1) is 0 Å². The van der Waals surface area contributed by atoms with E-state index >= 15 is 0 Å². The van der Waals surface area contributed by atoms with E-state index in [4.69, 9.17) is 5.73 Å². The summed E-state index contributed by atoms with van der Waals surface area (Å²) in [5.41, 5.74) is 6.36. The maximum atomic E-state index is 13.1. The van der Waals surface area contributed by atoms with Gasteiger partial charge in [0.2, 0.25) is 0 Å². The first kappa shape index (κ1) is 18.7. The molecule has 2 aromatic carbocycles. The molecule has 0 aliphatic heterocycles. The molecule has 0 bridgehead atoms. The number of ketones is 1. The normalized spacial score (nSPS) is 12.5. The molecule has 0 saturated carbocycles. The molecular weight excluding hydrogens is 328 g/mol. The van der Waals surface area contributed by atoms with Gasteiger partial charge in [0.25, 0.3) is 5.92 Å². The molecule has 25 heavy (non-hydrogen) atoms. The molecule has 0 unspecified atom stereocenters. The van der Waals surface area contributed by atoms with Crippen LogP contribution in [0.15, 0.2) is 54.6 Å². The van der Waals surface area contributed by atoms with Crippen LogP contribution in [-0.4, -0.2) is 30.8 Å². The van der Waals surface area contributed by atoms with E-state index < -0.39 is 31.0 Å². The highest BCUT2D eigenvalue weighted by Crippen LogP contribution is 2.21. The van der Waals surface area contributed by atoms with Crippen LogP contribution in [0.25, 0.3) is 0 Å². The third kappa shape index (κ3) is 4.93. The molecule has 0 spiro atoms. The summed E-state index contributed by atoms with van der Waals surface area (Å²) in [6.45, 7) is -0.417. The molecule has 0 saturated heterocycles. The molecule has 2 N–H and O–H groups in total. The number of benzene rings is 2. The molecule has 0 aliphatic carbocycles. The smallest absolute Gasteiger partial charge is 0.313 e. The van der Waals surface area contributed by atoms with Gasteiger partial charge in [0.05, 0.1) is 12.5 Å². The number of carbonyl (C=O) groups is 2. The van der Waals surface area contributed by atoms with Gasteiger partial charge in [-0.3, -0.25) is 9.59 Å². The number of hydrogen-bond donors (Lipinski definition) is 1. The third-order valence-corrected chi connectivity index (χ3v) is 3.76. The van der Waals surface area contributed by atoms with Gasteiger partial charge in [-0.25, -0.2) is 8.78 Å². The van der Waals surface area contributed by atoms with Crippen LogP contribution in [0.1, 0.15) is 34.3 Å². The average Bonchev–Trinajstić information content (AvgIpc) is 2.65. The van der Waals surface area contributed by atoms with E-state index in [1.165, 1.54) is 6.92 Å². The van der Waals surface area contributed by atoms with Gasteiger partial charge < -0.3 is 10.5 Å². The Morgan fingerprint density at radius 2 is 1.72 bits per heavy atom. The number of alkyl halides is 2. The lowest BCUT2D eigenvalue weighted by molar-refractivity contribution is -0.155. The SMILES string of the molecule is C[C@@H](C(=O)OCC(F)(F)CN)c1cccc(C(=O)c2ccccc2)c1. The Kier molecular flexibility index (Phi) is 5.98. The molecule has 2 rings (SSSR count). The fraction of sp³-hybridized carbons (Fsp3) is 0.263. The van der Waals surface area contributed by atoms with Gasteiger partial charge in [-0.2, -0.15) is 0 Å². The molecular formula is C19H19F2NO3. The molecule has 6 heteroatoms. The van der Waals surface area contributed by atoms with Crippen LogP contribution in [0.4, 0.5) is 8.78 Å². The number of halogens is 2. The molecule has 0 heterocycles. The van der Waals surface area contributed by atoms with Gasteiger partial charge in [-0.15, -0.1) is 0 Å². The summed E-state index contributed by atoms with van der Waals surface area (Å²) in [6.07, 6.45) is 0. The standard InChI is InChI=1S/C19H19F2NO3/c1-13(18(24)25-12-19(20,21)11-22)15-8-5-9-16(10-15)17(23)14-6-3-2-4-7-14/h2-10,13H,11-12,22H2,1H3/t13-/m1/s1. The van der Waals surface area contributed by atoms with Crippen LogP contribution in [0.2, 0.25) is 0 Å². The van der Waals surface area contributed by atoms with E-state index in [1.54, 1.807) is 48.5 Å². The number of ether oxygens (including phenoxy) is 1. The maximum absolute atomic E-state index is 13.1. The van der Waals surface area contributed by atoms with Crippen molar-refractivity contribution in [2.45, 2.75) is 18.8 Å². The molecule has 1 atom stereocenters. The second-order valence-corrected chi connectivity index (χ2v) is 5.71. The Morgan fingerprint density at radius 3 is 2.36 bits per heavy atom. The van der Waals surface area contributed by atoms with Crippen LogP contribution >= 0.6 is 0 Å². The van der Waals surface area contributed by atoms with Crippen molar-refractivity contribution < 1.29 is 23.1 Å². The lowest BCUT2D eigenvalue weighted by Gasteiger charge is -2.17. The Balaban J connectivity index is 2.12. The summed E-state index contributed by atoms with van der Waals surface area (Å²) in [5.74, 6) is -5.01. The van der Waals surface area contributed by atoms with Crippen molar-refractivity contribution in [2.24, 2.45) is 5.73 Å². The van der Waals surface area contributed by atoms with Crippen LogP contribution < -0.4 is 5.73 Å². The van der Waals surface area contributed by atoms with Gasteiger partial charge in [0.15, 0.2) is 12.4 Å². The summed E-state index contributed by atoms with van der Waals surface area (Å²) >= 11 is 0. The minimum Gasteiger partial charge on any atom is -0.459 e. The van der Waals surface area contributed by atoms with E-state index in [-0.39, 0.29) is 5.78 Å². The van der Waals surface area contributed by atoms with Crippen molar-refractivity contribution in [3.05, 3.63) is 71.3 Å². The average molecular weight is 347 g/mol. The van der Waals surface area contributed by atoms with E-state index in [9.17, 15) is 18.4 Å². The number of nitrogens with two attached hydrogens (primary N) is 1. The van der Waals surface area contributed by atoms with E-state index in [2.05, 4.69) is 4.74 Å². The second-order valence-electron chi connectivity index (χ2n) is 5.71. The Hall–Kier alpha value is -2.60. The first-order chi connectivity index (χ1) is 11.8. The highest BCUT2D eigenvalue weighted by Gasteiger charge is 2.30. The maximum Gasteiger partial charge on any atom is 0.313 e. The number of esters is 1. The lowest BCUT2D eigenvalue weighted by atomic mass is 9.96. The van der Waals surface area contributed by atoms with Gasteiger partial charge in [0, 0.05) is 11.1 Å². The van der Waals surface area contributed by atoms with Gasteiger partial charge >= 0.3 is 5.97 Å².